The number of ether oxygens (including phenoxy) is 1. The fourth-order valence-corrected chi connectivity index (χ4v) is 3.66. The van der Waals surface area contributed by atoms with Gasteiger partial charge in [0.15, 0.2) is 5.69 Å². The number of nitrogens with zero attached hydrogens (tertiary/aromatic N) is 3. The number of halogens is 3. The minimum atomic E-state index is -4.59. The third kappa shape index (κ3) is 3.66. The zero-order chi connectivity index (χ0) is 21.4. The van der Waals surface area contributed by atoms with Gasteiger partial charge in [-0.2, -0.15) is 13.2 Å². The highest BCUT2D eigenvalue weighted by atomic mass is 19.4. The zero-order valence-corrected chi connectivity index (χ0v) is 16.1. The first-order valence-corrected chi connectivity index (χ1v) is 9.29. The number of benzene rings is 2. The maximum atomic E-state index is 13.0. The van der Waals surface area contributed by atoms with Gasteiger partial charge in [0.05, 0.1) is 10.8 Å². The maximum absolute atomic E-state index is 13.0. The van der Waals surface area contributed by atoms with E-state index in [9.17, 15) is 13.2 Å². The summed E-state index contributed by atoms with van der Waals surface area (Å²) in [6.45, 7) is 1.91. The molecule has 2 N–H and O–H groups in total. The molecular formula is C22H19F3N4O. The summed E-state index contributed by atoms with van der Waals surface area (Å²) in [4.78, 5) is 11.7. The molecular weight excluding hydrogens is 393 g/mol. The van der Waals surface area contributed by atoms with E-state index in [4.69, 9.17) is 10.5 Å². The molecule has 5 nitrogen and oxygen atoms in total. The van der Waals surface area contributed by atoms with Crippen LogP contribution in [-0.2, 0) is 11.6 Å². The quantitative estimate of drug-likeness (QED) is 0.715. The number of hydrogen-bond acceptors (Lipinski definition) is 5. The van der Waals surface area contributed by atoms with Crippen LogP contribution in [0, 0.1) is 6.92 Å². The first-order chi connectivity index (χ1) is 14.3. The van der Waals surface area contributed by atoms with Gasteiger partial charge < -0.3 is 10.5 Å². The summed E-state index contributed by atoms with van der Waals surface area (Å²) < 4.78 is 44.7. The lowest BCUT2D eigenvalue weighted by molar-refractivity contribution is -0.141. The van der Waals surface area contributed by atoms with E-state index in [0.29, 0.717) is 0 Å². The molecule has 3 aromatic rings. The van der Waals surface area contributed by atoms with Crippen LogP contribution in [0.4, 0.5) is 13.2 Å². The first-order valence-electron chi connectivity index (χ1n) is 9.29. The summed E-state index contributed by atoms with van der Waals surface area (Å²) in [6, 6.07) is 16.0. The lowest BCUT2D eigenvalue weighted by Crippen LogP contribution is -2.53. The number of aryl methyl sites for hydroxylation is 1. The van der Waals surface area contributed by atoms with E-state index >= 15 is 0 Å². The normalized spacial score (nSPS) is 20.6. The van der Waals surface area contributed by atoms with Crippen LogP contribution in [0.2, 0.25) is 0 Å². The number of hydrogen-bond donors (Lipinski definition) is 1. The second kappa shape index (κ2) is 7.53. The van der Waals surface area contributed by atoms with E-state index in [-0.39, 0.29) is 12.5 Å². The van der Waals surface area contributed by atoms with E-state index in [1.54, 1.807) is 0 Å². The molecule has 2 unspecified atom stereocenters. The lowest BCUT2D eigenvalue weighted by Gasteiger charge is -2.37. The first kappa shape index (κ1) is 20.0. The molecule has 8 heteroatoms. The van der Waals surface area contributed by atoms with Gasteiger partial charge in [0.25, 0.3) is 0 Å². The zero-order valence-electron chi connectivity index (χ0n) is 16.1. The Hall–Kier alpha value is -3.26. The van der Waals surface area contributed by atoms with Gasteiger partial charge >= 0.3 is 6.18 Å². The van der Waals surface area contributed by atoms with Crippen LogP contribution in [0.5, 0.6) is 5.88 Å². The number of para-hydroxylation sites is 1. The van der Waals surface area contributed by atoms with Crippen LogP contribution in [0.3, 0.4) is 0 Å². The summed E-state index contributed by atoms with van der Waals surface area (Å²) in [6.07, 6.45) is -2.47. The fourth-order valence-electron chi connectivity index (χ4n) is 3.66. The summed E-state index contributed by atoms with van der Waals surface area (Å²) >= 11 is 0. The molecule has 1 aliphatic rings. The average molecular weight is 412 g/mol. The van der Waals surface area contributed by atoms with Crippen molar-refractivity contribution in [1.82, 2.24) is 9.97 Å². The van der Waals surface area contributed by atoms with Crippen molar-refractivity contribution in [2.75, 3.05) is 6.61 Å². The summed E-state index contributed by atoms with van der Waals surface area (Å²) in [5.74, 6) is -0.176. The third-order valence-corrected chi connectivity index (χ3v) is 5.19. The van der Waals surface area contributed by atoms with Crippen molar-refractivity contribution >= 4 is 6.08 Å². The molecule has 30 heavy (non-hydrogen) atoms. The molecule has 0 radical (unpaired) electrons. The van der Waals surface area contributed by atoms with Crippen molar-refractivity contribution in [2.45, 2.75) is 24.7 Å². The highest BCUT2D eigenvalue weighted by Gasteiger charge is 2.40. The van der Waals surface area contributed by atoms with Crippen molar-refractivity contribution in [3.05, 3.63) is 88.3 Å². The average Bonchev–Trinajstić information content (AvgIpc) is 2.72. The Bertz CT molecular complexity index is 1200. The minimum Gasteiger partial charge on any atom is -0.476 e. The van der Waals surface area contributed by atoms with Crippen molar-refractivity contribution < 1.29 is 17.9 Å². The Kier molecular flexibility index (Phi) is 5.03. The molecule has 2 atom stereocenters. The molecule has 2 heterocycles. The highest BCUT2D eigenvalue weighted by Crippen LogP contribution is 2.34. The van der Waals surface area contributed by atoms with Crippen LogP contribution in [0.25, 0.3) is 6.08 Å². The Morgan fingerprint density at radius 2 is 1.80 bits per heavy atom. The topological polar surface area (TPSA) is 73.4 Å². The van der Waals surface area contributed by atoms with Crippen LogP contribution < -0.4 is 21.0 Å². The summed E-state index contributed by atoms with van der Waals surface area (Å²) in [5.41, 5.74) is 6.41. The number of alkyl halides is 3. The van der Waals surface area contributed by atoms with Crippen LogP contribution in [0.15, 0.2) is 65.9 Å². The van der Waals surface area contributed by atoms with Crippen molar-refractivity contribution in [3.63, 3.8) is 0 Å². The second-order valence-corrected chi connectivity index (χ2v) is 7.16. The van der Waals surface area contributed by atoms with Gasteiger partial charge in [-0.05, 0) is 29.3 Å². The second-order valence-electron chi connectivity index (χ2n) is 7.16. The Morgan fingerprint density at radius 3 is 2.57 bits per heavy atom. The predicted octanol–water partition coefficient (Wildman–Crippen LogP) is 2.52. The molecule has 4 rings (SSSR count). The van der Waals surface area contributed by atoms with Gasteiger partial charge in [0.1, 0.15) is 19.1 Å². The molecule has 0 fully saturated rings. The predicted molar refractivity (Wildman–Crippen MR) is 105 cm³/mol. The standard InChI is InChI=1S/C22H19F3N4O/c1-14-6-2-4-8-16(14)21(11-15-7-3-5-9-17(15)29-20(21)26)12-30-19-10-18(22(23,24)25)27-13-28-19/h2-11,13,20H,12,26H2,1H3. The van der Waals surface area contributed by atoms with Gasteiger partial charge in [-0.15, -0.1) is 0 Å². The highest BCUT2D eigenvalue weighted by molar-refractivity contribution is 5.53. The van der Waals surface area contributed by atoms with E-state index in [0.717, 1.165) is 34.1 Å². The summed E-state index contributed by atoms with van der Waals surface area (Å²) in [7, 11) is 0. The molecule has 0 aliphatic carbocycles. The molecule has 2 aromatic carbocycles. The largest absolute Gasteiger partial charge is 0.476 e. The van der Waals surface area contributed by atoms with Gasteiger partial charge in [-0.1, -0.05) is 48.5 Å². The number of fused-ring (bicyclic) bond motifs is 1. The molecule has 0 bridgehead atoms. The van der Waals surface area contributed by atoms with Gasteiger partial charge in [-0.3, -0.25) is 4.99 Å². The molecule has 1 aliphatic heterocycles. The monoisotopic (exact) mass is 412 g/mol. The van der Waals surface area contributed by atoms with E-state index in [1.807, 2.05) is 61.5 Å². The number of aromatic nitrogens is 2. The Morgan fingerprint density at radius 1 is 1.07 bits per heavy atom. The van der Waals surface area contributed by atoms with Crippen molar-refractivity contribution in [1.29, 1.82) is 0 Å². The maximum Gasteiger partial charge on any atom is 0.433 e. The van der Waals surface area contributed by atoms with Crippen LogP contribution in [-0.4, -0.2) is 22.7 Å². The van der Waals surface area contributed by atoms with Crippen LogP contribution >= 0.6 is 0 Å². The SMILES string of the molecule is Cc1ccccc1C1(COc2cc(C(F)(F)F)ncn2)C=c2ccccc2=NC1N. The lowest BCUT2D eigenvalue weighted by atomic mass is 9.74. The van der Waals surface area contributed by atoms with Gasteiger partial charge in [0.2, 0.25) is 5.88 Å². The minimum absolute atomic E-state index is 0.0365. The molecule has 0 spiro atoms. The van der Waals surface area contributed by atoms with Crippen molar-refractivity contribution in [2.24, 2.45) is 10.7 Å². The van der Waals surface area contributed by atoms with Gasteiger partial charge in [0, 0.05) is 6.07 Å². The smallest absolute Gasteiger partial charge is 0.433 e. The number of nitrogens with two attached hydrogens (primary N) is 1. The fraction of sp³-hybridized carbons (Fsp3) is 0.227. The van der Waals surface area contributed by atoms with Gasteiger partial charge in [-0.25, -0.2) is 9.97 Å². The Labute approximate surface area is 170 Å². The molecule has 1 aromatic heterocycles. The molecule has 154 valence electrons. The van der Waals surface area contributed by atoms with Crippen LogP contribution in [0.1, 0.15) is 16.8 Å². The Balaban J connectivity index is 1.79. The van der Waals surface area contributed by atoms with E-state index in [2.05, 4.69) is 15.0 Å². The third-order valence-electron chi connectivity index (χ3n) is 5.19. The van der Waals surface area contributed by atoms with E-state index < -0.39 is 23.5 Å². The van der Waals surface area contributed by atoms with E-state index in [1.165, 1.54) is 0 Å². The molecule has 0 saturated heterocycles. The summed E-state index contributed by atoms with van der Waals surface area (Å²) in [5, 5.41) is 1.64. The van der Waals surface area contributed by atoms with Crippen molar-refractivity contribution in [3.8, 4) is 5.88 Å². The number of rotatable bonds is 4. The molecule has 0 saturated carbocycles. The molecule has 0 amide bonds.